The highest BCUT2D eigenvalue weighted by Crippen LogP contribution is 2.28. The van der Waals surface area contributed by atoms with E-state index in [4.69, 9.17) is 15.2 Å². The lowest BCUT2D eigenvalue weighted by Crippen LogP contribution is -2.34. The summed E-state index contributed by atoms with van der Waals surface area (Å²) in [6.45, 7) is 4.90. The first-order valence-corrected chi connectivity index (χ1v) is 8.09. The van der Waals surface area contributed by atoms with Crippen LogP contribution >= 0.6 is 12.4 Å². The first kappa shape index (κ1) is 22.5. The Bertz CT molecular complexity index is 509. The molecular formula is C18H31ClN2O3. The SMILES string of the molecule is COc1ccc(CCC(=O)N(C)CCC(N)C(C)C)cc1OC.Cl. The van der Waals surface area contributed by atoms with Crippen molar-refractivity contribution < 1.29 is 14.3 Å². The lowest BCUT2D eigenvalue weighted by atomic mass is 10.0. The minimum absolute atomic E-state index is 0. The number of carbonyl (C=O) groups is 1. The van der Waals surface area contributed by atoms with E-state index in [1.807, 2.05) is 25.2 Å². The standard InChI is InChI=1S/C18H30N2O3.ClH/c1-13(2)15(19)10-11-20(3)18(21)9-7-14-6-8-16(22-4)17(12-14)23-5;/h6,8,12-13,15H,7,9-11,19H2,1-5H3;1H. The third-order valence-corrected chi connectivity index (χ3v) is 4.16. The number of amides is 1. The van der Waals surface area contributed by atoms with E-state index in [1.54, 1.807) is 19.1 Å². The van der Waals surface area contributed by atoms with Gasteiger partial charge in [-0.3, -0.25) is 4.79 Å². The highest BCUT2D eigenvalue weighted by molar-refractivity contribution is 5.85. The van der Waals surface area contributed by atoms with Gasteiger partial charge in [0.25, 0.3) is 0 Å². The fourth-order valence-corrected chi connectivity index (χ4v) is 2.28. The molecule has 24 heavy (non-hydrogen) atoms. The van der Waals surface area contributed by atoms with E-state index < -0.39 is 0 Å². The normalized spacial score (nSPS) is 11.6. The van der Waals surface area contributed by atoms with Crippen LogP contribution in [0.4, 0.5) is 0 Å². The third kappa shape index (κ3) is 6.97. The zero-order valence-electron chi connectivity index (χ0n) is 15.4. The summed E-state index contributed by atoms with van der Waals surface area (Å²) in [5.74, 6) is 1.96. The molecule has 2 N–H and O–H groups in total. The molecule has 0 saturated heterocycles. The number of nitrogens with zero attached hydrogens (tertiary/aromatic N) is 1. The number of ether oxygens (including phenoxy) is 2. The van der Waals surface area contributed by atoms with E-state index in [0.717, 1.165) is 12.0 Å². The Labute approximate surface area is 151 Å². The average molecular weight is 359 g/mol. The molecule has 0 aromatic heterocycles. The van der Waals surface area contributed by atoms with Crippen molar-refractivity contribution >= 4 is 18.3 Å². The molecule has 0 bridgehead atoms. The summed E-state index contributed by atoms with van der Waals surface area (Å²) < 4.78 is 10.5. The number of rotatable bonds is 9. The van der Waals surface area contributed by atoms with Crippen molar-refractivity contribution in [1.82, 2.24) is 4.90 Å². The predicted octanol–water partition coefficient (Wildman–Crippen LogP) is 2.89. The van der Waals surface area contributed by atoms with Gasteiger partial charge in [-0.05, 0) is 36.5 Å². The Morgan fingerprint density at radius 1 is 1.21 bits per heavy atom. The minimum Gasteiger partial charge on any atom is -0.493 e. The van der Waals surface area contributed by atoms with Gasteiger partial charge >= 0.3 is 0 Å². The smallest absolute Gasteiger partial charge is 0.222 e. The second-order valence-corrected chi connectivity index (χ2v) is 6.20. The van der Waals surface area contributed by atoms with Crippen LogP contribution in [0.25, 0.3) is 0 Å². The van der Waals surface area contributed by atoms with Gasteiger partial charge in [0.05, 0.1) is 14.2 Å². The highest BCUT2D eigenvalue weighted by atomic mass is 35.5. The lowest BCUT2D eigenvalue weighted by Gasteiger charge is -2.21. The van der Waals surface area contributed by atoms with Gasteiger partial charge in [-0.1, -0.05) is 19.9 Å². The quantitative estimate of drug-likeness (QED) is 0.737. The summed E-state index contributed by atoms with van der Waals surface area (Å²) in [5, 5.41) is 0. The Morgan fingerprint density at radius 2 is 1.83 bits per heavy atom. The summed E-state index contributed by atoms with van der Waals surface area (Å²) >= 11 is 0. The molecule has 1 aromatic rings. The first-order valence-electron chi connectivity index (χ1n) is 8.09. The van der Waals surface area contributed by atoms with Crippen LogP contribution in [0.3, 0.4) is 0 Å². The number of aryl methyl sites for hydroxylation is 1. The van der Waals surface area contributed by atoms with Gasteiger partial charge < -0.3 is 20.1 Å². The Kier molecular flexibility index (Phi) is 10.5. The van der Waals surface area contributed by atoms with Crippen LogP contribution in [0.2, 0.25) is 0 Å². The van der Waals surface area contributed by atoms with E-state index in [2.05, 4.69) is 13.8 Å². The second kappa shape index (κ2) is 11.2. The number of methoxy groups -OCH3 is 2. The van der Waals surface area contributed by atoms with Crippen molar-refractivity contribution in [3.8, 4) is 11.5 Å². The van der Waals surface area contributed by atoms with E-state index in [0.29, 0.717) is 36.8 Å². The summed E-state index contributed by atoms with van der Waals surface area (Å²) in [6, 6.07) is 5.88. The molecule has 0 aliphatic rings. The van der Waals surface area contributed by atoms with Gasteiger partial charge in [0.15, 0.2) is 11.5 Å². The molecule has 1 atom stereocenters. The molecule has 1 unspecified atom stereocenters. The van der Waals surface area contributed by atoms with Crippen molar-refractivity contribution in [2.24, 2.45) is 11.7 Å². The van der Waals surface area contributed by atoms with Crippen LogP contribution in [0.5, 0.6) is 11.5 Å². The molecule has 0 heterocycles. The number of nitrogens with two attached hydrogens (primary N) is 1. The molecule has 0 saturated carbocycles. The maximum Gasteiger partial charge on any atom is 0.222 e. The monoisotopic (exact) mass is 358 g/mol. The summed E-state index contributed by atoms with van der Waals surface area (Å²) in [7, 11) is 5.06. The fraction of sp³-hybridized carbons (Fsp3) is 0.611. The zero-order valence-corrected chi connectivity index (χ0v) is 16.2. The largest absolute Gasteiger partial charge is 0.493 e. The van der Waals surface area contributed by atoms with Crippen molar-refractivity contribution in [1.29, 1.82) is 0 Å². The lowest BCUT2D eigenvalue weighted by molar-refractivity contribution is -0.129. The van der Waals surface area contributed by atoms with E-state index in [1.165, 1.54) is 0 Å². The van der Waals surface area contributed by atoms with Gasteiger partial charge in [0.1, 0.15) is 0 Å². The molecule has 0 aliphatic heterocycles. The predicted molar refractivity (Wildman–Crippen MR) is 100 cm³/mol. The van der Waals surface area contributed by atoms with Crippen molar-refractivity contribution in [2.75, 3.05) is 27.8 Å². The van der Waals surface area contributed by atoms with Crippen LogP contribution in [0.15, 0.2) is 18.2 Å². The molecule has 1 aromatic carbocycles. The van der Waals surface area contributed by atoms with Gasteiger partial charge in [-0.15, -0.1) is 12.4 Å². The molecular weight excluding hydrogens is 328 g/mol. The fourth-order valence-electron chi connectivity index (χ4n) is 2.28. The molecule has 0 aliphatic carbocycles. The van der Waals surface area contributed by atoms with Crippen molar-refractivity contribution in [3.05, 3.63) is 23.8 Å². The Morgan fingerprint density at radius 3 is 2.38 bits per heavy atom. The molecule has 0 spiro atoms. The summed E-state index contributed by atoms with van der Waals surface area (Å²) in [4.78, 5) is 14.0. The van der Waals surface area contributed by atoms with Crippen molar-refractivity contribution in [2.45, 2.75) is 39.2 Å². The van der Waals surface area contributed by atoms with Crippen LogP contribution in [-0.2, 0) is 11.2 Å². The molecule has 5 nitrogen and oxygen atoms in total. The highest BCUT2D eigenvalue weighted by Gasteiger charge is 2.13. The van der Waals surface area contributed by atoms with Gasteiger partial charge in [0.2, 0.25) is 5.91 Å². The topological polar surface area (TPSA) is 64.8 Å². The molecule has 138 valence electrons. The number of halogens is 1. The number of benzene rings is 1. The third-order valence-electron chi connectivity index (χ3n) is 4.16. The number of hydrogen-bond acceptors (Lipinski definition) is 4. The molecule has 1 amide bonds. The second-order valence-electron chi connectivity index (χ2n) is 6.20. The van der Waals surface area contributed by atoms with Crippen LogP contribution < -0.4 is 15.2 Å². The van der Waals surface area contributed by atoms with Gasteiger partial charge in [0, 0.05) is 26.1 Å². The maximum absolute atomic E-state index is 12.2. The molecule has 6 heteroatoms. The number of hydrogen-bond donors (Lipinski definition) is 1. The average Bonchev–Trinajstić information content (AvgIpc) is 2.56. The Hall–Kier alpha value is -1.46. The molecule has 0 fully saturated rings. The van der Waals surface area contributed by atoms with E-state index in [-0.39, 0.29) is 24.4 Å². The van der Waals surface area contributed by atoms with Crippen molar-refractivity contribution in [3.63, 3.8) is 0 Å². The van der Waals surface area contributed by atoms with Crippen LogP contribution in [0.1, 0.15) is 32.3 Å². The molecule has 0 radical (unpaired) electrons. The summed E-state index contributed by atoms with van der Waals surface area (Å²) in [6.07, 6.45) is 1.99. The zero-order chi connectivity index (χ0) is 17.4. The Balaban J connectivity index is 0.00000529. The van der Waals surface area contributed by atoms with Gasteiger partial charge in [-0.25, -0.2) is 0 Å². The maximum atomic E-state index is 12.2. The van der Waals surface area contributed by atoms with E-state index >= 15 is 0 Å². The number of carbonyl (C=O) groups excluding carboxylic acids is 1. The van der Waals surface area contributed by atoms with Gasteiger partial charge in [-0.2, -0.15) is 0 Å². The van der Waals surface area contributed by atoms with Crippen LogP contribution in [0, 0.1) is 5.92 Å². The van der Waals surface area contributed by atoms with Crippen LogP contribution in [-0.4, -0.2) is 44.7 Å². The first-order chi connectivity index (χ1) is 10.9. The van der Waals surface area contributed by atoms with E-state index in [9.17, 15) is 4.79 Å². The molecule has 1 rings (SSSR count). The minimum atomic E-state index is 0. The summed E-state index contributed by atoms with van der Waals surface area (Å²) in [5.41, 5.74) is 7.08.